The fourth-order valence-electron chi connectivity index (χ4n) is 2.38. The van der Waals surface area contributed by atoms with E-state index in [0.717, 1.165) is 22.4 Å². The van der Waals surface area contributed by atoms with E-state index in [4.69, 9.17) is 11.6 Å². The number of hydrogen-bond acceptors (Lipinski definition) is 5. The van der Waals surface area contributed by atoms with Crippen LogP contribution in [-0.2, 0) is 12.7 Å². The van der Waals surface area contributed by atoms with Crippen LogP contribution >= 0.6 is 11.6 Å². The molecule has 3 aromatic heterocycles. The number of alkyl halides is 3. The summed E-state index contributed by atoms with van der Waals surface area (Å²) in [6, 6.07) is 5.54. The number of halogens is 4. The van der Waals surface area contributed by atoms with Gasteiger partial charge in [-0.3, -0.25) is 9.78 Å². The summed E-state index contributed by atoms with van der Waals surface area (Å²) >= 11 is 6.18. The number of hydrogen-bond donors (Lipinski definition) is 0. The summed E-state index contributed by atoms with van der Waals surface area (Å²) < 4.78 is 38.7. The number of pyridine rings is 2. The van der Waals surface area contributed by atoms with Crippen LogP contribution in [0, 0.1) is 0 Å². The standard InChI is InChI=1S/C17H13ClF3N5O/c1-25(10-11-4-6-22-7-5-11)13-9-24-26(16(27)15(13)18)14-3-2-12(8-23-14)17(19,20)21/h2-9H,10H2,1H3. The van der Waals surface area contributed by atoms with E-state index in [1.54, 1.807) is 24.3 Å². The minimum atomic E-state index is -4.51. The molecule has 0 N–H and O–H groups in total. The Morgan fingerprint density at radius 1 is 1.15 bits per heavy atom. The van der Waals surface area contributed by atoms with E-state index in [9.17, 15) is 18.0 Å². The number of nitrogens with zero attached hydrogens (tertiary/aromatic N) is 5. The maximum absolute atomic E-state index is 12.6. The summed E-state index contributed by atoms with van der Waals surface area (Å²) in [7, 11) is 1.74. The van der Waals surface area contributed by atoms with Gasteiger partial charge >= 0.3 is 6.18 Å². The van der Waals surface area contributed by atoms with Gasteiger partial charge in [0.05, 0.1) is 17.4 Å². The van der Waals surface area contributed by atoms with E-state index in [-0.39, 0.29) is 10.8 Å². The smallest absolute Gasteiger partial charge is 0.368 e. The second kappa shape index (κ2) is 7.36. The molecule has 0 fully saturated rings. The Bertz CT molecular complexity index is 990. The zero-order valence-electron chi connectivity index (χ0n) is 14.0. The summed E-state index contributed by atoms with van der Waals surface area (Å²) in [5, 5.41) is 3.88. The van der Waals surface area contributed by atoms with Crippen molar-refractivity contribution in [3.63, 3.8) is 0 Å². The fourth-order valence-corrected chi connectivity index (χ4v) is 2.65. The molecular weight excluding hydrogens is 383 g/mol. The Labute approximate surface area is 156 Å². The Kier molecular flexibility index (Phi) is 5.13. The lowest BCUT2D eigenvalue weighted by Crippen LogP contribution is -2.26. The molecule has 140 valence electrons. The highest BCUT2D eigenvalue weighted by Gasteiger charge is 2.30. The van der Waals surface area contributed by atoms with Crippen molar-refractivity contribution in [2.75, 3.05) is 11.9 Å². The molecule has 6 nitrogen and oxygen atoms in total. The second-order valence-electron chi connectivity index (χ2n) is 5.68. The average Bonchev–Trinajstić information content (AvgIpc) is 2.64. The first-order valence-corrected chi connectivity index (χ1v) is 8.06. The maximum Gasteiger partial charge on any atom is 0.417 e. The van der Waals surface area contributed by atoms with Gasteiger partial charge in [-0.25, -0.2) is 4.98 Å². The number of anilines is 1. The number of rotatable bonds is 4. The van der Waals surface area contributed by atoms with Gasteiger partial charge in [-0.15, -0.1) is 0 Å². The van der Waals surface area contributed by atoms with E-state index in [0.29, 0.717) is 18.4 Å². The van der Waals surface area contributed by atoms with Crippen molar-refractivity contribution in [2.24, 2.45) is 0 Å². The predicted molar refractivity (Wildman–Crippen MR) is 94.0 cm³/mol. The predicted octanol–water partition coefficient (Wildman–Crippen LogP) is 3.33. The summed E-state index contributed by atoms with van der Waals surface area (Å²) in [4.78, 5) is 21.8. The molecular formula is C17H13ClF3N5O. The topological polar surface area (TPSA) is 63.9 Å². The van der Waals surface area contributed by atoms with Crippen molar-refractivity contribution in [1.82, 2.24) is 19.7 Å². The van der Waals surface area contributed by atoms with E-state index in [2.05, 4.69) is 15.1 Å². The van der Waals surface area contributed by atoms with Gasteiger partial charge in [0.2, 0.25) is 0 Å². The molecule has 0 saturated carbocycles. The van der Waals surface area contributed by atoms with Gasteiger partial charge in [-0.2, -0.15) is 23.0 Å². The Morgan fingerprint density at radius 2 is 1.85 bits per heavy atom. The van der Waals surface area contributed by atoms with Crippen molar-refractivity contribution in [3.05, 3.63) is 75.6 Å². The van der Waals surface area contributed by atoms with Gasteiger partial charge in [0.15, 0.2) is 5.82 Å². The normalized spacial score (nSPS) is 11.4. The van der Waals surface area contributed by atoms with Crippen LogP contribution in [0.4, 0.5) is 18.9 Å². The highest BCUT2D eigenvalue weighted by molar-refractivity contribution is 6.33. The molecule has 0 aliphatic carbocycles. The number of aromatic nitrogens is 4. The molecule has 3 rings (SSSR count). The summed E-state index contributed by atoms with van der Waals surface area (Å²) in [5.74, 6) is -0.0572. The van der Waals surface area contributed by atoms with E-state index in [1.165, 1.54) is 6.20 Å². The zero-order valence-corrected chi connectivity index (χ0v) is 14.7. The largest absolute Gasteiger partial charge is 0.417 e. The molecule has 0 amide bonds. The lowest BCUT2D eigenvalue weighted by Gasteiger charge is -2.20. The quantitative estimate of drug-likeness (QED) is 0.678. The molecule has 0 unspecified atom stereocenters. The monoisotopic (exact) mass is 395 g/mol. The minimum absolute atomic E-state index is 0.0572. The molecule has 0 spiro atoms. The molecule has 0 aromatic carbocycles. The van der Waals surface area contributed by atoms with Gasteiger partial charge in [0.25, 0.3) is 5.56 Å². The van der Waals surface area contributed by atoms with Crippen LogP contribution in [-0.4, -0.2) is 26.8 Å². The van der Waals surface area contributed by atoms with Crippen LogP contribution in [0.25, 0.3) is 5.82 Å². The Morgan fingerprint density at radius 3 is 2.44 bits per heavy atom. The lowest BCUT2D eigenvalue weighted by molar-refractivity contribution is -0.137. The van der Waals surface area contributed by atoms with Crippen molar-refractivity contribution >= 4 is 17.3 Å². The average molecular weight is 396 g/mol. The molecule has 3 aromatic rings. The van der Waals surface area contributed by atoms with E-state index >= 15 is 0 Å². The van der Waals surface area contributed by atoms with Crippen molar-refractivity contribution < 1.29 is 13.2 Å². The van der Waals surface area contributed by atoms with Crippen LogP contribution in [0.15, 0.2) is 53.8 Å². The Balaban J connectivity index is 1.90. The fraction of sp³-hybridized carbons (Fsp3) is 0.176. The van der Waals surface area contributed by atoms with Crippen LogP contribution < -0.4 is 10.5 Å². The van der Waals surface area contributed by atoms with Crippen LogP contribution in [0.2, 0.25) is 5.02 Å². The van der Waals surface area contributed by atoms with Crippen molar-refractivity contribution in [1.29, 1.82) is 0 Å². The SMILES string of the molecule is CN(Cc1ccncc1)c1cnn(-c2ccc(C(F)(F)F)cn2)c(=O)c1Cl. The highest BCUT2D eigenvalue weighted by atomic mass is 35.5. The first-order chi connectivity index (χ1) is 12.8. The van der Waals surface area contributed by atoms with Crippen molar-refractivity contribution in [3.8, 4) is 5.82 Å². The molecule has 10 heteroatoms. The summed E-state index contributed by atoms with van der Waals surface area (Å²) in [6.45, 7) is 0.464. The van der Waals surface area contributed by atoms with Gasteiger partial charge in [0.1, 0.15) is 5.02 Å². The van der Waals surface area contributed by atoms with Gasteiger partial charge in [-0.05, 0) is 29.8 Å². The maximum atomic E-state index is 12.6. The van der Waals surface area contributed by atoms with Crippen LogP contribution in [0.3, 0.4) is 0 Å². The van der Waals surface area contributed by atoms with E-state index < -0.39 is 17.3 Å². The summed E-state index contributed by atoms with van der Waals surface area (Å²) in [5.41, 5.74) is -0.249. The third-order valence-electron chi connectivity index (χ3n) is 3.77. The van der Waals surface area contributed by atoms with Crippen LogP contribution in [0.5, 0.6) is 0 Å². The van der Waals surface area contributed by atoms with Crippen molar-refractivity contribution in [2.45, 2.75) is 12.7 Å². The third-order valence-corrected chi connectivity index (χ3v) is 4.13. The molecule has 0 aliphatic rings. The third kappa shape index (κ3) is 4.08. The zero-order chi connectivity index (χ0) is 19.6. The molecule has 27 heavy (non-hydrogen) atoms. The van der Waals surface area contributed by atoms with E-state index in [1.807, 2.05) is 12.1 Å². The molecule has 0 radical (unpaired) electrons. The Hall–Kier alpha value is -2.94. The lowest BCUT2D eigenvalue weighted by atomic mass is 10.2. The highest BCUT2D eigenvalue weighted by Crippen LogP contribution is 2.28. The molecule has 0 saturated heterocycles. The second-order valence-corrected chi connectivity index (χ2v) is 6.05. The molecule has 0 aliphatic heterocycles. The van der Waals surface area contributed by atoms with Gasteiger partial charge in [0, 0.05) is 32.2 Å². The molecule has 0 atom stereocenters. The first-order valence-electron chi connectivity index (χ1n) is 7.69. The van der Waals surface area contributed by atoms with Gasteiger partial charge < -0.3 is 4.90 Å². The molecule has 0 bridgehead atoms. The van der Waals surface area contributed by atoms with Gasteiger partial charge in [-0.1, -0.05) is 11.6 Å². The van der Waals surface area contributed by atoms with Crippen LogP contribution in [0.1, 0.15) is 11.1 Å². The summed E-state index contributed by atoms with van der Waals surface area (Å²) in [6.07, 6.45) is 0.792. The minimum Gasteiger partial charge on any atom is -0.368 e. The first kappa shape index (κ1) is 18.8. The molecule has 3 heterocycles.